The van der Waals surface area contributed by atoms with Crippen LogP contribution in [0.5, 0.6) is 0 Å². The third-order valence-corrected chi connectivity index (χ3v) is 5.10. The maximum Gasteiger partial charge on any atom is 0.254 e. The number of halogens is 1. The molecule has 1 atom stereocenters. The molecule has 2 aliphatic rings. The van der Waals surface area contributed by atoms with Gasteiger partial charge in [-0.1, -0.05) is 36.4 Å². The zero-order valence-corrected chi connectivity index (χ0v) is 14.3. The number of nitrogens with one attached hydrogen (secondary N) is 1. The third-order valence-electron chi connectivity index (χ3n) is 5.10. The molecule has 4 rings (SSSR count). The second-order valence-electron chi connectivity index (χ2n) is 6.62. The van der Waals surface area contributed by atoms with Crippen molar-refractivity contribution in [2.75, 3.05) is 32.7 Å². The van der Waals surface area contributed by atoms with E-state index in [0.29, 0.717) is 42.9 Å². The first kappa shape index (κ1) is 16.7. The molecule has 2 amide bonds. The number of carbonyl (C=O) groups is 2. The predicted octanol–water partition coefficient (Wildman–Crippen LogP) is 1.75. The van der Waals surface area contributed by atoms with Gasteiger partial charge in [0.25, 0.3) is 5.91 Å². The standard InChI is InChI=1S/C20H20FN3O2/c21-17-8-4-3-6-15(17)14-5-1-2-7-16(14)20(26)24-12-11-23-10-9-22-19(25)18(23)13-24/h1-8,18H,9-13H2,(H,22,25)/t18-/m0/s1. The minimum atomic E-state index is -0.357. The fourth-order valence-electron chi connectivity index (χ4n) is 3.72. The van der Waals surface area contributed by atoms with E-state index in [2.05, 4.69) is 10.2 Å². The van der Waals surface area contributed by atoms with Crippen molar-refractivity contribution >= 4 is 11.8 Å². The van der Waals surface area contributed by atoms with E-state index >= 15 is 0 Å². The maximum atomic E-state index is 14.2. The Labute approximate surface area is 151 Å². The van der Waals surface area contributed by atoms with Gasteiger partial charge in [-0.25, -0.2) is 4.39 Å². The smallest absolute Gasteiger partial charge is 0.254 e. The van der Waals surface area contributed by atoms with Gasteiger partial charge in [-0.05, 0) is 17.7 Å². The highest BCUT2D eigenvalue weighted by molar-refractivity contribution is 6.01. The normalized spacial score (nSPS) is 20.4. The number of carbonyl (C=O) groups excluding carboxylic acids is 2. The molecule has 2 fully saturated rings. The lowest BCUT2D eigenvalue weighted by Crippen LogP contribution is -2.64. The minimum absolute atomic E-state index is 0.0314. The van der Waals surface area contributed by atoms with Crippen molar-refractivity contribution in [3.63, 3.8) is 0 Å². The molecule has 6 heteroatoms. The van der Waals surface area contributed by atoms with E-state index in [9.17, 15) is 14.0 Å². The van der Waals surface area contributed by atoms with Gasteiger partial charge in [-0.2, -0.15) is 0 Å². The molecule has 5 nitrogen and oxygen atoms in total. The van der Waals surface area contributed by atoms with E-state index in [0.717, 1.165) is 6.54 Å². The van der Waals surface area contributed by atoms with Crippen LogP contribution in [0.25, 0.3) is 11.1 Å². The Kier molecular flexibility index (Phi) is 4.42. The number of hydrogen-bond donors (Lipinski definition) is 1. The average molecular weight is 353 g/mol. The van der Waals surface area contributed by atoms with Crippen LogP contribution in [0.4, 0.5) is 4.39 Å². The molecule has 26 heavy (non-hydrogen) atoms. The molecular formula is C20H20FN3O2. The molecule has 134 valence electrons. The highest BCUT2D eigenvalue weighted by Crippen LogP contribution is 2.28. The summed E-state index contributed by atoms with van der Waals surface area (Å²) in [7, 11) is 0. The van der Waals surface area contributed by atoms with Gasteiger partial charge >= 0.3 is 0 Å². The molecule has 2 aromatic rings. The van der Waals surface area contributed by atoms with Crippen LogP contribution in [0.3, 0.4) is 0 Å². The molecule has 0 unspecified atom stereocenters. The van der Waals surface area contributed by atoms with E-state index in [4.69, 9.17) is 0 Å². The molecule has 0 aliphatic carbocycles. The van der Waals surface area contributed by atoms with Gasteiger partial charge in [0.2, 0.25) is 5.91 Å². The molecule has 2 aromatic carbocycles. The van der Waals surface area contributed by atoms with Crippen LogP contribution in [0.2, 0.25) is 0 Å². The van der Waals surface area contributed by atoms with Crippen molar-refractivity contribution < 1.29 is 14.0 Å². The highest BCUT2D eigenvalue weighted by Gasteiger charge is 2.36. The molecule has 0 radical (unpaired) electrons. The number of hydrogen-bond acceptors (Lipinski definition) is 3. The van der Waals surface area contributed by atoms with Crippen molar-refractivity contribution in [3.05, 3.63) is 59.9 Å². The zero-order chi connectivity index (χ0) is 18.1. The Morgan fingerprint density at radius 1 is 1.00 bits per heavy atom. The molecule has 0 aromatic heterocycles. The Morgan fingerprint density at radius 3 is 2.54 bits per heavy atom. The van der Waals surface area contributed by atoms with Crippen molar-refractivity contribution in [3.8, 4) is 11.1 Å². The molecule has 2 aliphatic heterocycles. The topological polar surface area (TPSA) is 52.7 Å². The summed E-state index contributed by atoms with van der Waals surface area (Å²) >= 11 is 0. The van der Waals surface area contributed by atoms with Crippen LogP contribution in [0.15, 0.2) is 48.5 Å². The molecule has 0 saturated carbocycles. The number of rotatable bonds is 2. The number of nitrogens with zero attached hydrogens (tertiary/aromatic N) is 2. The Morgan fingerprint density at radius 2 is 1.73 bits per heavy atom. The van der Waals surface area contributed by atoms with E-state index in [-0.39, 0.29) is 23.7 Å². The van der Waals surface area contributed by atoms with Gasteiger partial charge in [-0.15, -0.1) is 0 Å². The van der Waals surface area contributed by atoms with Gasteiger partial charge in [0, 0.05) is 43.9 Å². The first-order valence-electron chi connectivity index (χ1n) is 8.80. The van der Waals surface area contributed by atoms with Crippen molar-refractivity contribution in [2.24, 2.45) is 0 Å². The van der Waals surface area contributed by atoms with Crippen LogP contribution in [-0.4, -0.2) is 60.4 Å². The first-order chi connectivity index (χ1) is 12.6. The van der Waals surface area contributed by atoms with Crippen molar-refractivity contribution in [1.29, 1.82) is 0 Å². The van der Waals surface area contributed by atoms with Crippen LogP contribution < -0.4 is 5.32 Å². The molecule has 2 heterocycles. The number of fused-ring (bicyclic) bond motifs is 1. The van der Waals surface area contributed by atoms with Gasteiger partial charge < -0.3 is 10.2 Å². The Balaban J connectivity index is 1.63. The fraction of sp³-hybridized carbons (Fsp3) is 0.300. The summed E-state index contributed by atoms with van der Waals surface area (Å²) in [6, 6.07) is 13.2. The Bertz CT molecular complexity index is 854. The lowest BCUT2D eigenvalue weighted by atomic mass is 9.97. The third kappa shape index (κ3) is 2.97. The van der Waals surface area contributed by atoms with E-state index in [1.807, 2.05) is 0 Å². The fourth-order valence-corrected chi connectivity index (χ4v) is 3.72. The summed E-state index contributed by atoms with van der Waals surface area (Å²) in [6.07, 6.45) is 0. The SMILES string of the molecule is O=C1NCCN2CCN(C(=O)c3ccccc3-c3ccccc3F)C[C@@H]12. The van der Waals surface area contributed by atoms with Crippen LogP contribution in [0, 0.1) is 5.82 Å². The van der Waals surface area contributed by atoms with Gasteiger partial charge in [0.15, 0.2) is 0 Å². The summed E-state index contributed by atoms with van der Waals surface area (Å²) in [4.78, 5) is 29.1. The quantitative estimate of drug-likeness (QED) is 0.895. The maximum absolute atomic E-state index is 14.2. The minimum Gasteiger partial charge on any atom is -0.353 e. The second kappa shape index (κ2) is 6.88. The van der Waals surface area contributed by atoms with E-state index in [1.54, 1.807) is 47.4 Å². The van der Waals surface area contributed by atoms with Gasteiger partial charge in [0.1, 0.15) is 11.9 Å². The van der Waals surface area contributed by atoms with Crippen molar-refractivity contribution in [1.82, 2.24) is 15.1 Å². The monoisotopic (exact) mass is 353 g/mol. The summed E-state index contributed by atoms with van der Waals surface area (Å²) in [5.41, 5.74) is 1.44. The van der Waals surface area contributed by atoms with E-state index < -0.39 is 0 Å². The van der Waals surface area contributed by atoms with E-state index in [1.165, 1.54) is 6.07 Å². The first-order valence-corrected chi connectivity index (χ1v) is 8.80. The molecule has 0 bridgehead atoms. The van der Waals surface area contributed by atoms with Gasteiger partial charge in [-0.3, -0.25) is 14.5 Å². The highest BCUT2D eigenvalue weighted by atomic mass is 19.1. The van der Waals surface area contributed by atoms with Crippen molar-refractivity contribution in [2.45, 2.75) is 6.04 Å². The van der Waals surface area contributed by atoms with Crippen LogP contribution in [0.1, 0.15) is 10.4 Å². The van der Waals surface area contributed by atoms with Gasteiger partial charge in [0.05, 0.1) is 0 Å². The predicted molar refractivity (Wildman–Crippen MR) is 96.1 cm³/mol. The average Bonchev–Trinajstić information content (AvgIpc) is 2.68. The summed E-state index contributed by atoms with van der Waals surface area (Å²) < 4.78 is 14.2. The summed E-state index contributed by atoms with van der Waals surface area (Å²) in [6.45, 7) is 3.06. The number of benzene rings is 2. The number of amides is 2. The largest absolute Gasteiger partial charge is 0.353 e. The lowest BCUT2D eigenvalue weighted by molar-refractivity contribution is -0.131. The second-order valence-corrected chi connectivity index (χ2v) is 6.62. The molecule has 0 spiro atoms. The zero-order valence-electron chi connectivity index (χ0n) is 14.3. The molecule has 1 N–H and O–H groups in total. The number of piperazine rings is 2. The Hall–Kier alpha value is -2.73. The summed E-state index contributed by atoms with van der Waals surface area (Å²) in [5, 5.41) is 2.86. The summed E-state index contributed by atoms with van der Waals surface area (Å²) in [5.74, 6) is -0.553. The van der Waals surface area contributed by atoms with Crippen LogP contribution in [-0.2, 0) is 4.79 Å². The molecular weight excluding hydrogens is 333 g/mol. The van der Waals surface area contributed by atoms with Crippen LogP contribution >= 0.6 is 0 Å². The lowest BCUT2D eigenvalue weighted by Gasteiger charge is -2.43. The molecule has 2 saturated heterocycles.